The van der Waals surface area contributed by atoms with Crippen LogP contribution in [0.3, 0.4) is 0 Å². The molecule has 0 unspecified atom stereocenters. The van der Waals surface area contributed by atoms with Gasteiger partial charge in [-0.25, -0.2) is 0 Å². The van der Waals surface area contributed by atoms with Crippen LogP contribution >= 0.6 is 15.9 Å². The number of methoxy groups -OCH3 is 1. The first kappa shape index (κ1) is 20.8. The van der Waals surface area contributed by atoms with Gasteiger partial charge in [-0.3, -0.25) is 14.5 Å². The molecule has 1 aliphatic rings. The summed E-state index contributed by atoms with van der Waals surface area (Å²) in [5, 5.41) is 0. The molecule has 3 aromatic rings. The zero-order valence-corrected chi connectivity index (χ0v) is 18.7. The molecule has 31 heavy (non-hydrogen) atoms. The van der Waals surface area contributed by atoms with Crippen molar-refractivity contribution in [3.63, 3.8) is 0 Å². The summed E-state index contributed by atoms with van der Waals surface area (Å²) in [6, 6.07) is 22.6. The third-order valence-corrected chi connectivity index (χ3v) is 5.70. The number of ketones is 1. The predicted octanol–water partition coefficient (Wildman–Crippen LogP) is 6.13. The van der Waals surface area contributed by atoms with Gasteiger partial charge < -0.3 is 4.74 Å². The molecular weight excluding hydrogens is 454 g/mol. The van der Waals surface area contributed by atoms with Gasteiger partial charge in [0.2, 0.25) is 0 Å². The molecule has 0 fully saturated rings. The van der Waals surface area contributed by atoms with Gasteiger partial charge in [-0.05, 0) is 82.5 Å². The number of anilines is 1. The molecule has 0 aliphatic carbocycles. The van der Waals surface area contributed by atoms with Gasteiger partial charge in [-0.2, -0.15) is 0 Å². The number of ether oxygens (including phenoxy) is 1. The number of amides is 1. The van der Waals surface area contributed by atoms with Gasteiger partial charge in [0.1, 0.15) is 5.75 Å². The van der Waals surface area contributed by atoms with E-state index in [0.717, 1.165) is 27.0 Å². The zero-order valence-electron chi connectivity index (χ0n) is 17.1. The van der Waals surface area contributed by atoms with Gasteiger partial charge in [-0.15, -0.1) is 0 Å². The highest BCUT2D eigenvalue weighted by Crippen LogP contribution is 2.36. The number of halogens is 1. The lowest BCUT2D eigenvalue weighted by atomic mass is 10.1. The van der Waals surface area contributed by atoms with Crippen molar-refractivity contribution < 1.29 is 14.3 Å². The molecule has 1 amide bonds. The fourth-order valence-corrected chi connectivity index (χ4v) is 4.05. The fraction of sp³-hybridized carbons (Fsp3) is 0.0769. The van der Waals surface area contributed by atoms with E-state index < -0.39 is 0 Å². The Hall–Kier alpha value is -3.44. The number of Topliss-reactive ketones (excluding diaryl/α,β-unsaturated/α-hetero) is 1. The number of carbonyl (C=O) groups is 2. The highest BCUT2D eigenvalue weighted by molar-refractivity contribution is 9.10. The Morgan fingerprint density at radius 3 is 2.32 bits per heavy atom. The van der Waals surface area contributed by atoms with E-state index in [0.29, 0.717) is 16.8 Å². The molecule has 0 spiro atoms. The topological polar surface area (TPSA) is 46.6 Å². The second-order valence-electron chi connectivity index (χ2n) is 7.13. The van der Waals surface area contributed by atoms with E-state index in [1.54, 1.807) is 36.3 Å². The Balaban J connectivity index is 1.78. The summed E-state index contributed by atoms with van der Waals surface area (Å²) < 4.78 is 6.11. The molecule has 4 nitrogen and oxygen atoms in total. The van der Waals surface area contributed by atoms with Crippen LogP contribution in [0.25, 0.3) is 11.8 Å². The van der Waals surface area contributed by atoms with Crippen LogP contribution in [-0.4, -0.2) is 18.8 Å². The molecule has 1 aliphatic heterocycles. The first-order valence-corrected chi connectivity index (χ1v) is 10.5. The normalized spacial score (nSPS) is 14.7. The lowest BCUT2D eigenvalue weighted by molar-refractivity contribution is -0.113. The van der Waals surface area contributed by atoms with Crippen LogP contribution in [0.15, 0.2) is 88.9 Å². The summed E-state index contributed by atoms with van der Waals surface area (Å²) >= 11 is 3.49. The highest BCUT2D eigenvalue weighted by Gasteiger charge is 2.30. The second-order valence-corrected chi connectivity index (χ2v) is 7.99. The SMILES string of the molecule is COc1ccc(C=C2C=C(c3ccccc3)N(c3ccc(C(C)=O)cc3)C2=O)cc1Br. The third kappa shape index (κ3) is 4.23. The van der Waals surface area contributed by atoms with Crippen LogP contribution in [-0.2, 0) is 4.79 Å². The molecule has 1 heterocycles. The van der Waals surface area contributed by atoms with E-state index in [4.69, 9.17) is 4.74 Å². The second kappa shape index (κ2) is 8.74. The Bertz CT molecular complexity index is 1210. The molecule has 3 aromatic carbocycles. The van der Waals surface area contributed by atoms with Crippen LogP contribution in [0.5, 0.6) is 5.75 Å². The number of nitrogens with zero attached hydrogens (tertiary/aromatic N) is 1. The molecule has 0 saturated heterocycles. The average Bonchev–Trinajstić information content (AvgIpc) is 3.10. The monoisotopic (exact) mass is 473 g/mol. The first-order valence-electron chi connectivity index (χ1n) is 9.76. The van der Waals surface area contributed by atoms with E-state index in [2.05, 4.69) is 15.9 Å². The molecule has 0 radical (unpaired) electrons. The van der Waals surface area contributed by atoms with E-state index in [-0.39, 0.29) is 11.7 Å². The smallest absolute Gasteiger partial charge is 0.262 e. The van der Waals surface area contributed by atoms with Crippen molar-refractivity contribution in [2.75, 3.05) is 12.0 Å². The molecule has 0 N–H and O–H groups in total. The van der Waals surface area contributed by atoms with E-state index in [9.17, 15) is 9.59 Å². The fourth-order valence-electron chi connectivity index (χ4n) is 3.49. The largest absolute Gasteiger partial charge is 0.496 e. The van der Waals surface area contributed by atoms with Crippen LogP contribution in [0.2, 0.25) is 0 Å². The Kier molecular flexibility index (Phi) is 5.87. The minimum Gasteiger partial charge on any atom is -0.496 e. The van der Waals surface area contributed by atoms with Crippen LogP contribution in [0.4, 0.5) is 5.69 Å². The van der Waals surface area contributed by atoms with Crippen molar-refractivity contribution in [2.24, 2.45) is 0 Å². The van der Waals surface area contributed by atoms with Crippen LogP contribution in [0.1, 0.15) is 28.4 Å². The number of benzene rings is 3. The maximum atomic E-state index is 13.4. The number of hydrogen-bond donors (Lipinski definition) is 0. The van der Waals surface area contributed by atoms with Gasteiger partial charge >= 0.3 is 0 Å². The quantitative estimate of drug-likeness (QED) is 0.330. The summed E-state index contributed by atoms with van der Waals surface area (Å²) in [5.74, 6) is 0.595. The van der Waals surface area contributed by atoms with Gasteiger partial charge in [-0.1, -0.05) is 36.4 Å². The third-order valence-electron chi connectivity index (χ3n) is 5.08. The minimum atomic E-state index is -0.124. The first-order chi connectivity index (χ1) is 15.0. The van der Waals surface area contributed by atoms with Crippen molar-refractivity contribution in [2.45, 2.75) is 6.92 Å². The highest BCUT2D eigenvalue weighted by atomic mass is 79.9. The molecule has 154 valence electrons. The van der Waals surface area contributed by atoms with E-state index in [1.807, 2.05) is 60.7 Å². The molecule has 0 atom stereocenters. The van der Waals surface area contributed by atoms with E-state index >= 15 is 0 Å². The molecule has 0 aromatic heterocycles. The maximum Gasteiger partial charge on any atom is 0.262 e. The lowest BCUT2D eigenvalue weighted by Crippen LogP contribution is -2.25. The summed E-state index contributed by atoms with van der Waals surface area (Å²) in [5.41, 5.74) is 4.51. The van der Waals surface area contributed by atoms with Crippen molar-refractivity contribution in [3.05, 3.63) is 106 Å². The van der Waals surface area contributed by atoms with Crippen molar-refractivity contribution in [1.29, 1.82) is 0 Å². The van der Waals surface area contributed by atoms with Crippen LogP contribution in [0, 0.1) is 0 Å². The minimum absolute atomic E-state index is 0.0104. The number of carbonyl (C=O) groups excluding carboxylic acids is 2. The van der Waals surface area contributed by atoms with E-state index in [1.165, 1.54) is 6.92 Å². The van der Waals surface area contributed by atoms with Crippen LogP contribution < -0.4 is 9.64 Å². The predicted molar refractivity (Wildman–Crippen MR) is 127 cm³/mol. The molecule has 0 bridgehead atoms. The van der Waals surface area contributed by atoms with Crippen molar-refractivity contribution in [1.82, 2.24) is 0 Å². The van der Waals surface area contributed by atoms with Gasteiger partial charge in [0.05, 0.1) is 17.3 Å². The number of rotatable bonds is 5. The summed E-state index contributed by atoms with van der Waals surface area (Å²) in [4.78, 5) is 26.8. The van der Waals surface area contributed by atoms with Crippen molar-refractivity contribution in [3.8, 4) is 5.75 Å². The Labute approximate surface area is 189 Å². The number of hydrogen-bond acceptors (Lipinski definition) is 3. The average molecular weight is 474 g/mol. The van der Waals surface area contributed by atoms with Gasteiger partial charge in [0.15, 0.2) is 5.78 Å². The summed E-state index contributed by atoms with van der Waals surface area (Å²) in [6.07, 6.45) is 3.76. The summed E-state index contributed by atoms with van der Waals surface area (Å²) in [7, 11) is 1.61. The standard InChI is InChI=1S/C26H20BrNO3/c1-17(29)19-9-11-22(12-10-19)28-24(20-6-4-3-5-7-20)16-21(26(28)30)14-18-8-13-25(31-2)23(27)15-18/h3-16H,1-2H3. The maximum absolute atomic E-state index is 13.4. The van der Waals surface area contributed by atoms with Gasteiger partial charge in [0, 0.05) is 16.8 Å². The lowest BCUT2D eigenvalue weighted by Gasteiger charge is -2.21. The van der Waals surface area contributed by atoms with Gasteiger partial charge in [0.25, 0.3) is 5.91 Å². The zero-order chi connectivity index (χ0) is 22.0. The molecule has 5 heteroatoms. The van der Waals surface area contributed by atoms with Crippen molar-refractivity contribution >= 4 is 45.1 Å². The Morgan fingerprint density at radius 2 is 1.71 bits per heavy atom. The Morgan fingerprint density at radius 1 is 1.00 bits per heavy atom. The molecule has 4 rings (SSSR count). The molecule has 0 saturated carbocycles. The summed E-state index contributed by atoms with van der Waals surface area (Å²) in [6.45, 7) is 1.53. The molecular formula is C26H20BrNO3.